The maximum absolute atomic E-state index is 10.4. The zero-order valence-corrected chi connectivity index (χ0v) is 12.4. The minimum atomic E-state index is 0.344. The summed E-state index contributed by atoms with van der Waals surface area (Å²) in [6.07, 6.45) is 5.66. The molecule has 3 rings (SSSR count). The van der Waals surface area contributed by atoms with Crippen molar-refractivity contribution in [2.24, 2.45) is 0 Å². The summed E-state index contributed by atoms with van der Waals surface area (Å²) >= 11 is 3.59. The fourth-order valence-corrected chi connectivity index (χ4v) is 3.47. The van der Waals surface area contributed by atoms with Crippen LogP contribution in [-0.2, 0) is 6.54 Å². The number of hydrogen-bond acceptors (Lipinski definition) is 2. The van der Waals surface area contributed by atoms with Crippen molar-refractivity contribution in [2.45, 2.75) is 25.8 Å². The predicted octanol–water partition coefficient (Wildman–Crippen LogP) is 2.27. The van der Waals surface area contributed by atoms with Crippen LogP contribution in [0.4, 0.5) is 0 Å². The molecule has 0 bridgehead atoms. The van der Waals surface area contributed by atoms with Crippen molar-refractivity contribution < 1.29 is 10.0 Å². The molecule has 0 saturated carbocycles. The first kappa shape index (κ1) is 12.9. The number of nitrogens with zero attached hydrogens (tertiary/aromatic N) is 1. The molecule has 1 aliphatic rings. The lowest BCUT2D eigenvalue weighted by atomic mass is 10.1. The van der Waals surface area contributed by atoms with E-state index in [0.29, 0.717) is 11.3 Å². The molecule has 100 valence electrons. The number of aromatic nitrogens is 1. The Morgan fingerprint density at radius 1 is 1.26 bits per heavy atom. The van der Waals surface area contributed by atoms with Gasteiger partial charge in [0, 0.05) is 16.1 Å². The molecule has 1 aliphatic heterocycles. The third-order valence-corrected chi connectivity index (χ3v) is 4.55. The highest BCUT2D eigenvalue weighted by atomic mass is 79.9. The predicted molar refractivity (Wildman–Crippen MR) is 79.4 cm³/mol. The van der Waals surface area contributed by atoms with E-state index < -0.39 is 0 Å². The van der Waals surface area contributed by atoms with Gasteiger partial charge in [0.2, 0.25) is 0 Å². The Hall–Kier alpha value is -1.13. The Morgan fingerprint density at radius 3 is 2.84 bits per heavy atom. The molecule has 2 aromatic rings. The molecule has 0 aliphatic carbocycles. The van der Waals surface area contributed by atoms with Gasteiger partial charge in [0.1, 0.15) is 12.1 Å². The molecule has 0 radical (unpaired) electrons. The summed E-state index contributed by atoms with van der Waals surface area (Å²) in [7, 11) is 0. The van der Waals surface area contributed by atoms with Crippen molar-refractivity contribution >= 4 is 26.8 Å². The standard InChI is InChI=1S/C15H17BrN2O/c16-13-9-11(10-18-7-2-1-3-8-18)15(19)14-12(13)5-4-6-17-14/h4-6,9,19H,1-3,7-8,10H2/p+1. The molecule has 1 aromatic heterocycles. The van der Waals surface area contributed by atoms with Gasteiger partial charge >= 0.3 is 0 Å². The molecule has 0 unspecified atom stereocenters. The molecule has 2 N–H and O–H groups in total. The minimum Gasteiger partial charge on any atom is -0.505 e. The summed E-state index contributed by atoms with van der Waals surface area (Å²) in [5, 5.41) is 11.4. The van der Waals surface area contributed by atoms with Gasteiger partial charge in [0.25, 0.3) is 0 Å². The SMILES string of the molecule is Oc1c(C[NH+]2CCCCC2)cc(Br)c2cccnc12. The zero-order chi connectivity index (χ0) is 13.2. The van der Waals surface area contributed by atoms with E-state index in [-0.39, 0.29) is 0 Å². The number of fused-ring (bicyclic) bond motifs is 1. The van der Waals surface area contributed by atoms with Gasteiger partial charge in [-0.3, -0.25) is 4.98 Å². The molecule has 0 amide bonds. The molecule has 1 fully saturated rings. The number of aromatic hydroxyl groups is 1. The third-order valence-electron chi connectivity index (χ3n) is 3.90. The van der Waals surface area contributed by atoms with E-state index in [1.807, 2.05) is 18.2 Å². The summed E-state index contributed by atoms with van der Waals surface area (Å²) < 4.78 is 1.01. The Bertz CT molecular complexity index is 594. The molecule has 19 heavy (non-hydrogen) atoms. The normalized spacial score (nSPS) is 16.9. The highest BCUT2D eigenvalue weighted by Gasteiger charge is 2.18. The molecule has 2 heterocycles. The van der Waals surface area contributed by atoms with Crippen LogP contribution in [0.5, 0.6) is 5.75 Å². The number of halogens is 1. The van der Waals surface area contributed by atoms with Crippen molar-refractivity contribution in [3.8, 4) is 5.75 Å². The van der Waals surface area contributed by atoms with E-state index in [9.17, 15) is 5.11 Å². The number of hydrogen-bond donors (Lipinski definition) is 2. The van der Waals surface area contributed by atoms with E-state index in [1.54, 1.807) is 11.1 Å². The van der Waals surface area contributed by atoms with Crippen molar-refractivity contribution in [3.05, 3.63) is 34.4 Å². The molecule has 0 spiro atoms. The average Bonchev–Trinajstić information content (AvgIpc) is 2.46. The lowest BCUT2D eigenvalue weighted by Gasteiger charge is -2.24. The second kappa shape index (κ2) is 5.47. The molecular weight excluding hydrogens is 304 g/mol. The zero-order valence-electron chi connectivity index (χ0n) is 10.8. The van der Waals surface area contributed by atoms with Crippen LogP contribution in [0.2, 0.25) is 0 Å². The number of benzene rings is 1. The smallest absolute Gasteiger partial charge is 0.150 e. The quantitative estimate of drug-likeness (QED) is 0.890. The minimum absolute atomic E-state index is 0.344. The first-order valence-corrected chi connectivity index (χ1v) is 7.63. The van der Waals surface area contributed by atoms with Gasteiger partial charge in [0.05, 0.1) is 18.7 Å². The summed E-state index contributed by atoms with van der Waals surface area (Å²) in [5.74, 6) is 0.344. The van der Waals surface area contributed by atoms with Crippen LogP contribution in [0.15, 0.2) is 28.9 Å². The van der Waals surface area contributed by atoms with Crippen molar-refractivity contribution in [3.63, 3.8) is 0 Å². The van der Waals surface area contributed by atoms with Crippen LogP contribution in [0.25, 0.3) is 10.9 Å². The number of likely N-dealkylation sites (tertiary alicyclic amines) is 1. The summed E-state index contributed by atoms with van der Waals surface area (Å²) in [4.78, 5) is 5.87. The topological polar surface area (TPSA) is 37.6 Å². The Morgan fingerprint density at radius 2 is 2.05 bits per heavy atom. The van der Waals surface area contributed by atoms with Crippen molar-refractivity contribution in [1.29, 1.82) is 0 Å². The van der Waals surface area contributed by atoms with Crippen LogP contribution in [0.3, 0.4) is 0 Å². The van der Waals surface area contributed by atoms with Gasteiger partial charge < -0.3 is 10.0 Å². The fourth-order valence-electron chi connectivity index (χ4n) is 2.87. The van der Waals surface area contributed by atoms with E-state index in [1.165, 1.54) is 32.4 Å². The van der Waals surface area contributed by atoms with Gasteiger partial charge in [-0.05, 0) is 31.4 Å². The molecule has 3 nitrogen and oxygen atoms in total. The highest BCUT2D eigenvalue weighted by molar-refractivity contribution is 9.10. The number of rotatable bonds is 2. The maximum atomic E-state index is 10.4. The molecular formula is C15H18BrN2O+. The monoisotopic (exact) mass is 321 g/mol. The van der Waals surface area contributed by atoms with E-state index >= 15 is 0 Å². The van der Waals surface area contributed by atoms with Crippen LogP contribution in [0, 0.1) is 0 Å². The van der Waals surface area contributed by atoms with Crippen LogP contribution < -0.4 is 4.90 Å². The largest absolute Gasteiger partial charge is 0.505 e. The number of nitrogens with one attached hydrogen (secondary N) is 1. The van der Waals surface area contributed by atoms with Crippen molar-refractivity contribution in [2.75, 3.05) is 13.1 Å². The molecule has 1 aromatic carbocycles. The summed E-state index contributed by atoms with van der Waals surface area (Å²) in [5.41, 5.74) is 1.69. The first-order chi connectivity index (χ1) is 9.25. The maximum Gasteiger partial charge on any atom is 0.150 e. The van der Waals surface area contributed by atoms with Gasteiger partial charge in [-0.2, -0.15) is 0 Å². The number of piperidine rings is 1. The van der Waals surface area contributed by atoms with Gasteiger partial charge in [-0.1, -0.05) is 22.0 Å². The van der Waals surface area contributed by atoms with Gasteiger partial charge in [-0.25, -0.2) is 0 Å². The Labute approximate surface area is 121 Å². The van der Waals surface area contributed by atoms with Crippen LogP contribution in [-0.4, -0.2) is 23.2 Å². The lowest BCUT2D eigenvalue weighted by Crippen LogP contribution is -3.11. The lowest BCUT2D eigenvalue weighted by molar-refractivity contribution is -0.918. The van der Waals surface area contributed by atoms with E-state index in [0.717, 1.165) is 22.0 Å². The van der Waals surface area contributed by atoms with Crippen LogP contribution >= 0.6 is 15.9 Å². The highest BCUT2D eigenvalue weighted by Crippen LogP contribution is 2.32. The number of pyridine rings is 1. The van der Waals surface area contributed by atoms with E-state index in [4.69, 9.17) is 0 Å². The van der Waals surface area contributed by atoms with Crippen LogP contribution in [0.1, 0.15) is 24.8 Å². The first-order valence-electron chi connectivity index (χ1n) is 6.84. The second-order valence-corrected chi connectivity index (χ2v) is 6.11. The molecule has 1 saturated heterocycles. The van der Waals surface area contributed by atoms with E-state index in [2.05, 4.69) is 20.9 Å². The third kappa shape index (κ3) is 2.60. The Balaban J connectivity index is 1.97. The van der Waals surface area contributed by atoms with Gasteiger partial charge in [0.15, 0.2) is 5.75 Å². The molecule has 4 heteroatoms. The number of quaternary nitrogens is 1. The average molecular weight is 322 g/mol. The fraction of sp³-hybridized carbons (Fsp3) is 0.400. The summed E-state index contributed by atoms with van der Waals surface area (Å²) in [6.45, 7) is 3.30. The number of phenols is 1. The molecule has 0 atom stereocenters. The summed E-state index contributed by atoms with van der Waals surface area (Å²) in [6, 6.07) is 5.91. The Kier molecular flexibility index (Phi) is 3.71. The second-order valence-electron chi connectivity index (χ2n) is 5.25. The van der Waals surface area contributed by atoms with Crippen molar-refractivity contribution in [1.82, 2.24) is 4.98 Å². The van der Waals surface area contributed by atoms with Gasteiger partial charge in [-0.15, -0.1) is 0 Å². The number of phenolic OH excluding ortho intramolecular Hbond substituents is 1.